The van der Waals surface area contributed by atoms with Crippen LogP contribution in [0.4, 0.5) is 0 Å². The number of hydrogen-bond donors (Lipinski definition) is 2. The molecule has 0 fully saturated rings. The van der Waals surface area contributed by atoms with Crippen LogP contribution in [-0.2, 0) is 10.0 Å². The van der Waals surface area contributed by atoms with Crippen LogP contribution in [0.3, 0.4) is 0 Å². The van der Waals surface area contributed by atoms with E-state index in [0.717, 1.165) is 24.9 Å². The topological polar surface area (TPSA) is 58.2 Å². The Morgan fingerprint density at radius 2 is 2.40 bits per heavy atom. The summed E-state index contributed by atoms with van der Waals surface area (Å²) in [4.78, 5) is 0. The SMILES string of the molecule is CS(=O)(=O)NC1=CNCC1. The molecule has 0 unspecified atom stereocenters. The van der Waals surface area contributed by atoms with Crippen LogP contribution in [0, 0.1) is 0 Å². The standard InChI is InChI=1S/C5H10N2O2S/c1-10(8,9)7-5-2-3-6-4-5/h4,6-7H,2-3H2,1H3. The second kappa shape index (κ2) is 2.49. The van der Waals surface area contributed by atoms with E-state index >= 15 is 0 Å². The van der Waals surface area contributed by atoms with E-state index in [4.69, 9.17) is 0 Å². The van der Waals surface area contributed by atoms with Crippen molar-refractivity contribution in [2.45, 2.75) is 6.42 Å². The predicted octanol–water partition coefficient (Wildman–Crippen LogP) is -0.630. The fourth-order valence-corrected chi connectivity index (χ4v) is 1.43. The fourth-order valence-electron chi connectivity index (χ4n) is 0.793. The molecule has 1 aliphatic rings. The molecule has 0 aromatic carbocycles. The molecule has 0 aliphatic carbocycles. The summed E-state index contributed by atoms with van der Waals surface area (Å²) in [5, 5.41) is 2.91. The van der Waals surface area contributed by atoms with Crippen molar-refractivity contribution in [2.75, 3.05) is 12.8 Å². The Morgan fingerprint density at radius 3 is 2.80 bits per heavy atom. The van der Waals surface area contributed by atoms with Crippen molar-refractivity contribution < 1.29 is 8.42 Å². The normalized spacial score (nSPS) is 17.9. The van der Waals surface area contributed by atoms with E-state index in [0.29, 0.717) is 0 Å². The highest BCUT2D eigenvalue weighted by Crippen LogP contribution is 2.01. The monoisotopic (exact) mass is 162 g/mol. The van der Waals surface area contributed by atoms with Gasteiger partial charge in [-0.2, -0.15) is 0 Å². The van der Waals surface area contributed by atoms with Gasteiger partial charge in [0.1, 0.15) is 0 Å². The Kier molecular flexibility index (Phi) is 1.85. The second-order valence-electron chi connectivity index (χ2n) is 2.25. The maximum absolute atomic E-state index is 10.6. The highest BCUT2D eigenvalue weighted by molar-refractivity contribution is 7.88. The van der Waals surface area contributed by atoms with Crippen molar-refractivity contribution in [1.82, 2.24) is 10.0 Å². The van der Waals surface area contributed by atoms with Gasteiger partial charge in [0.15, 0.2) is 0 Å². The molecule has 4 nitrogen and oxygen atoms in total. The van der Waals surface area contributed by atoms with Crippen LogP contribution >= 0.6 is 0 Å². The van der Waals surface area contributed by atoms with Crippen LogP contribution < -0.4 is 10.0 Å². The third-order valence-electron chi connectivity index (χ3n) is 1.13. The van der Waals surface area contributed by atoms with Gasteiger partial charge in [0.2, 0.25) is 10.0 Å². The molecule has 0 aromatic heterocycles. The molecule has 0 saturated carbocycles. The second-order valence-corrected chi connectivity index (χ2v) is 4.00. The molecule has 0 radical (unpaired) electrons. The van der Waals surface area contributed by atoms with Crippen molar-refractivity contribution in [3.05, 3.63) is 11.9 Å². The van der Waals surface area contributed by atoms with Gasteiger partial charge in [0.05, 0.1) is 6.26 Å². The largest absolute Gasteiger partial charge is 0.389 e. The van der Waals surface area contributed by atoms with Crippen LogP contribution in [0.2, 0.25) is 0 Å². The number of sulfonamides is 1. The first kappa shape index (κ1) is 7.40. The lowest BCUT2D eigenvalue weighted by molar-refractivity contribution is 0.594. The molecular weight excluding hydrogens is 152 g/mol. The van der Waals surface area contributed by atoms with Gasteiger partial charge in [-0.05, 0) is 0 Å². The van der Waals surface area contributed by atoms with E-state index in [9.17, 15) is 8.42 Å². The summed E-state index contributed by atoms with van der Waals surface area (Å²) in [7, 11) is -3.07. The van der Waals surface area contributed by atoms with Crippen molar-refractivity contribution in [1.29, 1.82) is 0 Å². The van der Waals surface area contributed by atoms with E-state index < -0.39 is 10.0 Å². The van der Waals surface area contributed by atoms with Crippen molar-refractivity contribution in [3.63, 3.8) is 0 Å². The van der Waals surface area contributed by atoms with Crippen LogP contribution in [0.5, 0.6) is 0 Å². The van der Waals surface area contributed by atoms with E-state index in [-0.39, 0.29) is 0 Å². The first-order chi connectivity index (χ1) is 4.58. The summed E-state index contributed by atoms with van der Waals surface area (Å²) in [5.41, 5.74) is 0.738. The Labute approximate surface area is 60.4 Å². The molecule has 0 atom stereocenters. The van der Waals surface area contributed by atoms with Crippen molar-refractivity contribution in [2.24, 2.45) is 0 Å². The van der Waals surface area contributed by atoms with Crippen molar-refractivity contribution >= 4 is 10.0 Å². The zero-order chi connectivity index (χ0) is 7.61. The molecule has 0 saturated heterocycles. The van der Waals surface area contributed by atoms with E-state index in [1.54, 1.807) is 6.20 Å². The van der Waals surface area contributed by atoms with Gasteiger partial charge < -0.3 is 5.32 Å². The van der Waals surface area contributed by atoms with Crippen LogP contribution in [0.15, 0.2) is 11.9 Å². The van der Waals surface area contributed by atoms with E-state index in [1.807, 2.05) is 0 Å². The molecule has 10 heavy (non-hydrogen) atoms. The predicted molar refractivity (Wildman–Crippen MR) is 38.7 cm³/mol. The smallest absolute Gasteiger partial charge is 0.229 e. The average Bonchev–Trinajstić information content (AvgIpc) is 2.12. The minimum atomic E-state index is -3.07. The summed E-state index contributed by atoms with van der Waals surface area (Å²) < 4.78 is 23.6. The molecule has 58 valence electrons. The summed E-state index contributed by atoms with van der Waals surface area (Å²) in [6.07, 6.45) is 3.58. The quantitative estimate of drug-likeness (QED) is 0.568. The molecular formula is C5H10N2O2S. The summed E-state index contributed by atoms with van der Waals surface area (Å²) in [5.74, 6) is 0. The third kappa shape index (κ3) is 2.26. The summed E-state index contributed by atoms with van der Waals surface area (Å²) in [6, 6.07) is 0. The van der Waals surface area contributed by atoms with E-state index in [2.05, 4.69) is 10.0 Å². The molecule has 1 rings (SSSR count). The molecule has 1 heterocycles. The van der Waals surface area contributed by atoms with Crippen LogP contribution in [-0.4, -0.2) is 21.2 Å². The lowest BCUT2D eigenvalue weighted by Gasteiger charge is -2.00. The summed E-state index contributed by atoms with van der Waals surface area (Å²) >= 11 is 0. The third-order valence-corrected chi connectivity index (χ3v) is 1.76. The van der Waals surface area contributed by atoms with Gasteiger partial charge in [-0.3, -0.25) is 4.72 Å². The first-order valence-electron chi connectivity index (χ1n) is 2.98. The highest BCUT2D eigenvalue weighted by Gasteiger charge is 2.07. The van der Waals surface area contributed by atoms with Crippen LogP contribution in [0.1, 0.15) is 6.42 Å². The Hall–Kier alpha value is -0.710. The zero-order valence-corrected chi connectivity index (χ0v) is 6.53. The lowest BCUT2D eigenvalue weighted by atomic mass is 10.4. The number of hydrogen-bond acceptors (Lipinski definition) is 3. The molecule has 0 spiro atoms. The van der Waals surface area contributed by atoms with Gasteiger partial charge in [-0.25, -0.2) is 8.42 Å². The maximum atomic E-state index is 10.6. The van der Waals surface area contributed by atoms with Gasteiger partial charge in [0.25, 0.3) is 0 Å². The van der Waals surface area contributed by atoms with Gasteiger partial charge in [-0.15, -0.1) is 0 Å². The Balaban J connectivity index is 2.54. The van der Waals surface area contributed by atoms with Crippen LogP contribution in [0.25, 0.3) is 0 Å². The summed E-state index contributed by atoms with van der Waals surface area (Å²) in [6.45, 7) is 0.817. The zero-order valence-electron chi connectivity index (χ0n) is 5.72. The molecule has 5 heteroatoms. The first-order valence-corrected chi connectivity index (χ1v) is 4.87. The minimum Gasteiger partial charge on any atom is -0.389 e. The average molecular weight is 162 g/mol. The molecule has 2 N–H and O–H groups in total. The molecule has 0 amide bonds. The lowest BCUT2D eigenvalue weighted by Crippen LogP contribution is -2.20. The van der Waals surface area contributed by atoms with Gasteiger partial charge >= 0.3 is 0 Å². The highest BCUT2D eigenvalue weighted by atomic mass is 32.2. The van der Waals surface area contributed by atoms with Gasteiger partial charge in [-0.1, -0.05) is 0 Å². The number of rotatable bonds is 2. The van der Waals surface area contributed by atoms with E-state index in [1.165, 1.54) is 0 Å². The van der Waals surface area contributed by atoms with Gasteiger partial charge in [0, 0.05) is 24.9 Å². The fraction of sp³-hybridized carbons (Fsp3) is 0.600. The number of nitrogens with one attached hydrogen (secondary N) is 2. The van der Waals surface area contributed by atoms with Crippen molar-refractivity contribution in [3.8, 4) is 0 Å². The minimum absolute atomic E-state index is 0.738. The molecule has 1 aliphatic heterocycles. The Morgan fingerprint density at radius 1 is 1.70 bits per heavy atom. The molecule has 0 aromatic rings. The Bertz CT molecular complexity index is 242. The molecule has 0 bridgehead atoms. The maximum Gasteiger partial charge on any atom is 0.229 e.